The summed E-state index contributed by atoms with van der Waals surface area (Å²) in [7, 11) is 0. The van der Waals surface area contributed by atoms with E-state index in [0.717, 1.165) is 117 Å². The van der Waals surface area contributed by atoms with Gasteiger partial charge in [-0.25, -0.2) is 0 Å². The van der Waals surface area contributed by atoms with Gasteiger partial charge in [0.2, 0.25) is 0 Å². The number of nitrogens with zero attached hydrogens (tertiary/aromatic N) is 3. The Bertz CT molecular complexity index is 8660. The highest BCUT2D eigenvalue weighted by molar-refractivity contribution is 7.26. The quantitative estimate of drug-likeness (QED) is 0.115. The summed E-state index contributed by atoms with van der Waals surface area (Å²) in [5.41, 5.74) is 24.5. The average Bonchev–Trinajstić information content (AvgIpc) is 1.65. The maximum Gasteiger partial charge on any atom is 0.159 e. The van der Waals surface area contributed by atoms with Crippen molar-refractivity contribution < 1.29 is 13.3 Å². The lowest BCUT2D eigenvalue weighted by Crippen LogP contribution is -2.10. The van der Waals surface area contributed by atoms with E-state index in [1.54, 1.807) is 0 Å². The summed E-state index contributed by atoms with van der Waals surface area (Å²) in [5, 5.41) is 17.1. The van der Waals surface area contributed by atoms with Gasteiger partial charge < -0.3 is 28.0 Å². The van der Waals surface area contributed by atoms with E-state index in [9.17, 15) is 0 Å². The van der Waals surface area contributed by atoms with Crippen LogP contribution in [-0.4, -0.2) is 0 Å². The van der Waals surface area contributed by atoms with Crippen molar-refractivity contribution in [3.05, 3.63) is 455 Å². The molecule has 0 fully saturated rings. The number of fused-ring (bicyclic) bond motifs is 19. The van der Waals surface area contributed by atoms with E-state index in [-0.39, 0.29) is 0 Å². The van der Waals surface area contributed by atoms with Crippen LogP contribution >= 0.6 is 34.0 Å². The topological polar surface area (TPSA) is 49.1 Å². The van der Waals surface area contributed by atoms with Gasteiger partial charge in [-0.2, -0.15) is 0 Å². The van der Waals surface area contributed by atoms with Crippen LogP contribution < -0.4 is 14.7 Å². The molecule has 0 N–H and O–H groups in total. The zero-order valence-corrected chi connectivity index (χ0v) is 71.0. The lowest BCUT2D eigenvalue weighted by Gasteiger charge is -2.26. The van der Waals surface area contributed by atoms with E-state index < -0.39 is 0 Å². The molecule has 0 saturated heterocycles. The Morgan fingerprint density at radius 2 is 0.409 bits per heavy atom. The van der Waals surface area contributed by atoms with E-state index in [1.165, 1.54) is 116 Å². The third-order valence-corrected chi connectivity index (χ3v) is 28.1. The van der Waals surface area contributed by atoms with Crippen LogP contribution in [0.25, 0.3) is 182 Å². The van der Waals surface area contributed by atoms with Crippen molar-refractivity contribution in [3.8, 4) is 44.5 Å². The molecule has 20 aromatic carbocycles. The van der Waals surface area contributed by atoms with Gasteiger partial charge in [-0.3, -0.25) is 0 Å². The van der Waals surface area contributed by atoms with Crippen LogP contribution in [0.2, 0.25) is 0 Å². The molecular weight excluding hydrogens is 1600 g/mol. The van der Waals surface area contributed by atoms with Crippen molar-refractivity contribution >= 4 is 222 Å². The van der Waals surface area contributed by atoms with Crippen LogP contribution in [0.4, 0.5) is 51.2 Å². The Balaban J connectivity index is 0.000000107. The van der Waals surface area contributed by atoms with Crippen LogP contribution in [-0.2, 0) is 0 Å². The fourth-order valence-electron chi connectivity index (χ4n) is 18.5. The minimum absolute atomic E-state index is 0.879. The van der Waals surface area contributed by atoms with Crippen molar-refractivity contribution in [3.63, 3.8) is 0 Å². The molecule has 0 amide bonds. The van der Waals surface area contributed by atoms with Crippen LogP contribution in [0.15, 0.2) is 468 Å². The molecule has 26 aromatic rings. The standard InChI is InChI=1S/C42H27NOS.C40H25NOS.C36H23NOS/c1-2-9-28(10-3-1)29-17-22-32(23-18-29)43(38-14-8-13-36-34-11-4-6-15-39(34)44-42(36)38)33-24-19-30(20-25-33)31-21-26-41-37(27-31)35-12-5-7-16-40(35)45-41;1-2-9-28-24-31(22-18-26(28)8-1)41(36-13-7-12-34-32-10-3-5-14-37(32)42-40(34)36)30-20-16-27(17-21-30)29-19-23-39-35(25-29)33-11-4-6-15-38(33)43-39;1-2-9-26(10-3-1)37(32-14-8-13-30-28-11-4-6-15-33(28)38-36(30)32)27-20-17-24(18-21-27)25-19-22-35-31(23-25)29-12-5-7-16-34(29)39-35/h1-27H;1-25H;1-23H. The molecule has 0 aliphatic rings. The van der Waals surface area contributed by atoms with Crippen LogP contribution in [0.3, 0.4) is 0 Å². The number of hydrogen-bond donors (Lipinski definition) is 0. The molecule has 0 aliphatic carbocycles. The SMILES string of the molecule is c1ccc(-c2ccc(N(c3ccc(-c4ccc5sc6ccccc6c5c4)cc3)c3cccc4c3oc3ccccc34)cc2)cc1.c1ccc(N(c2ccc(-c3ccc4sc5ccccc5c4c3)cc2)c2cccc3c2oc2ccccc23)cc1.c1ccc2cc(N(c3ccc(-c4ccc5sc6ccccc6c5c4)cc3)c3cccc4c3oc3ccccc34)ccc2c1. The van der Waals surface area contributed by atoms with Gasteiger partial charge in [0.1, 0.15) is 16.7 Å². The number of furan rings is 3. The second kappa shape index (κ2) is 31.8. The highest BCUT2D eigenvalue weighted by atomic mass is 32.1. The first kappa shape index (κ1) is 74.9. The van der Waals surface area contributed by atoms with Gasteiger partial charge in [0.05, 0.1) is 17.1 Å². The average molecular weight is 1680 g/mol. The van der Waals surface area contributed by atoms with Crippen molar-refractivity contribution in [2.75, 3.05) is 14.7 Å². The lowest BCUT2D eigenvalue weighted by molar-refractivity contribution is 0.668. The Hall–Kier alpha value is -15.9. The summed E-state index contributed by atoms with van der Waals surface area (Å²) in [6.45, 7) is 0. The first-order valence-corrected chi connectivity index (χ1v) is 45.2. The fourth-order valence-corrected chi connectivity index (χ4v) is 21.7. The molecule has 0 spiro atoms. The fraction of sp³-hybridized carbons (Fsp3) is 0. The van der Waals surface area contributed by atoms with E-state index >= 15 is 0 Å². The van der Waals surface area contributed by atoms with E-state index in [4.69, 9.17) is 13.3 Å². The number of para-hydroxylation sites is 7. The van der Waals surface area contributed by atoms with Gasteiger partial charge in [-0.05, 0) is 219 Å². The summed E-state index contributed by atoms with van der Waals surface area (Å²) >= 11 is 5.56. The first-order chi connectivity index (χ1) is 62.9. The maximum absolute atomic E-state index is 6.52. The Kier molecular flexibility index (Phi) is 18.7. The second-order valence-electron chi connectivity index (χ2n) is 32.1. The van der Waals surface area contributed by atoms with Gasteiger partial charge >= 0.3 is 0 Å². The van der Waals surface area contributed by atoms with Gasteiger partial charge in [0.15, 0.2) is 16.7 Å². The lowest BCUT2D eigenvalue weighted by atomic mass is 10.0. The highest BCUT2D eigenvalue weighted by Crippen LogP contribution is 2.49. The van der Waals surface area contributed by atoms with Crippen molar-refractivity contribution in [1.29, 1.82) is 0 Å². The maximum atomic E-state index is 6.52. The molecule has 6 nitrogen and oxygen atoms in total. The predicted octanol–water partition coefficient (Wildman–Crippen LogP) is 36.1. The van der Waals surface area contributed by atoms with Crippen molar-refractivity contribution in [2.24, 2.45) is 0 Å². The zero-order chi connectivity index (χ0) is 83.8. The number of benzene rings is 20. The molecule has 0 unspecified atom stereocenters. The van der Waals surface area contributed by atoms with E-state index in [1.807, 2.05) is 70.4 Å². The molecule has 6 aromatic heterocycles. The van der Waals surface area contributed by atoms with Gasteiger partial charge in [-0.1, -0.05) is 291 Å². The van der Waals surface area contributed by atoms with Crippen LogP contribution in [0.5, 0.6) is 0 Å². The van der Waals surface area contributed by atoms with Gasteiger partial charge in [0, 0.05) is 127 Å². The van der Waals surface area contributed by atoms with Gasteiger partial charge in [-0.15, -0.1) is 34.0 Å². The van der Waals surface area contributed by atoms with E-state index in [0.29, 0.717) is 0 Å². The molecule has 0 bridgehead atoms. The number of thiophene rings is 3. The second-order valence-corrected chi connectivity index (χ2v) is 35.4. The number of hydrogen-bond acceptors (Lipinski definition) is 9. The molecule has 0 saturated carbocycles. The number of anilines is 9. The van der Waals surface area contributed by atoms with Crippen LogP contribution in [0.1, 0.15) is 0 Å². The molecule has 127 heavy (non-hydrogen) atoms. The molecule has 0 aliphatic heterocycles. The highest BCUT2D eigenvalue weighted by Gasteiger charge is 2.25. The van der Waals surface area contributed by atoms with Gasteiger partial charge in [0.25, 0.3) is 0 Å². The smallest absolute Gasteiger partial charge is 0.159 e. The Morgan fingerprint density at radius 1 is 0.150 bits per heavy atom. The van der Waals surface area contributed by atoms with Crippen LogP contribution in [0, 0.1) is 0 Å². The summed E-state index contributed by atoms with van der Waals surface area (Å²) in [6.07, 6.45) is 0. The third kappa shape index (κ3) is 13.6. The van der Waals surface area contributed by atoms with Crippen molar-refractivity contribution in [1.82, 2.24) is 0 Å². The minimum atomic E-state index is 0.879. The largest absolute Gasteiger partial charge is 0.454 e. The molecule has 26 rings (SSSR count). The number of rotatable bonds is 13. The molecule has 6 heterocycles. The Labute approximate surface area is 744 Å². The van der Waals surface area contributed by atoms with E-state index in [2.05, 4.69) is 433 Å². The Morgan fingerprint density at radius 3 is 0.787 bits per heavy atom. The summed E-state index contributed by atoms with van der Waals surface area (Å²) in [4.78, 5) is 6.90. The summed E-state index contributed by atoms with van der Waals surface area (Å²) < 4.78 is 27.4. The first-order valence-electron chi connectivity index (χ1n) is 42.8. The summed E-state index contributed by atoms with van der Waals surface area (Å²) in [6, 6.07) is 162. The summed E-state index contributed by atoms with van der Waals surface area (Å²) in [5.74, 6) is 0. The molecular formula is C118H75N3O3S3. The third-order valence-electron chi connectivity index (χ3n) is 24.6. The normalized spacial score (nSPS) is 11.6. The van der Waals surface area contributed by atoms with Crippen molar-refractivity contribution in [2.45, 2.75) is 0 Å². The zero-order valence-electron chi connectivity index (χ0n) is 68.6. The molecule has 0 atom stereocenters. The molecule has 9 heteroatoms. The molecule has 598 valence electrons. The predicted molar refractivity (Wildman–Crippen MR) is 543 cm³/mol. The minimum Gasteiger partial charge on any atom is -0.454 e. The molecule has 0 radical (unpaired) electrons. The monoisotopic (exact) mass is 1680 g/mol.